The Morgan fingerprint density at radius 1 is 1.13 bits per heavy atom. The van der Waals surface area contributed by atoms with Crippen molar-refractivity contribution in [1.82, 2.24) is 0 Å². The Hall–Kier alpha value is -3.52. The molecule has 1 N–H and O–H groups in total. The van der Waals surface area contributed by atoms with Crippen molar-refractivity contribution in [3.63, 3.8) is 0 Å². The van der Waals surface area contributed by atoms with E-state index in [9.17, 15) is 14.4 Å². The second kappa shape index (κ2) is 7.72. The van der Waals surface area contributed by atoms with Crippen LogP contribution < -0.4 is 14.8 Å². The molecule has 3 aromatic rings. The molecule has 0 spiro atoms. The van der Waals surface area contributed by atoms with Crippen LogP contribution in [0.5, 0.6) is 11.5 Å². The van der Waals surface area contributed by atoms with Crippen molar-refractivity contribution >= 4 is 45.9 Å². The van der Waals surface area contributed by atoms with Gasteiger partial charge in [0.05, 0.1) is 5.69 Å². The molecule has 30 heavy (non-hydrogen) atoms. The van der Waals surface area contributed by atoms with Gasteiger partial charge in [0.25, 0.3) is 5.91 Å². The summed E-state index contributed by atoms with van der Waals surface area (Å²) >= 11 is 5.98. The maximum atomic E-state index is 12.4. The minimum absolute atomic E-state index is 0.00688. The Balaban J connectivity index is 1.46. The number of anilines is 1. The zero-order valence-electron chi connectivity index (χ0n) is 16.0. The van der Waals surface area contributed by atoms with Crippen molar-refractivity contribution < 1.29 is 33.0 Å². The summed E-state index contributed by atoms with van der Waals surface area (Å²) in [5.41, 5.74) is 1.54. The van der Waals surface area contributed by atoms with Crippen molar-refractivity contribution in [3.8, 4) is 11.5 Å². The largest absolute Gasteiger partial charge is 0.454 e. The Morgan fingerprint density at radius 2 is 1.87 bits per heavy atom. The van der Waals surface area contributed by atoms with Gasteiger partial charge in [-0.3, -0.25) is 9.59 Å². The fourth-order valence-electron chi connectivity index (χ4n) is 3.11. The van der Waals surface area contributed by atoms with E-state index in [2.05, 4.69) is 5.32 Å². The molecule has 0 fully saturated rings. The smallest absolute Gasteiger partial charge is 0.375 e. The molecule has 0 saturated carbocycles. The number of halogens is 1. The third-order valence-corrected chi connectivity index (χ3v) is 4.82. The monoisotopic (exact) mass is 429 g/mol. The molecule has 0 bridgehead atoms. The summed E-state index contributed by atoms with van der Waals surface area (Å²) in [4.78, 5) is 36.6. The van der Waals surface area contributed by atoms with Gasteiger partial charge >= 0.3 is 5.97 Å². The van der Waals surface area contributed by atoms with Crippen molar-refractivity contribution in [2.75, 3.05) is 18.7 Å². The molecular formula is C21H16ClNO7. The number of aryl methyl sites for hydroxylation is 1. The van der Waals surface area contributed by atoms with E-state index >= 15 is 0 Å². The number of benzene rings is 2. The fourth-order valence-corrected chi connectivity index (χ4v) is 3.28. The molecule has 0 atom stereocenters. The lowest BCUT2D eigenvalue weighted by molar-refractivity contribution is -0.119. The van der Waals surface area contributed by atoms with Gasteiger partial charge in [-0.1, -0.05) is 11.6 Å². The second-order valence-electron chi connectivity index (χ2n) is 6.63. The van der Waals surface area contributed by atoms with E-state index in [0.717, 1.165) is 0 Å². The van der Waals surface area contributed by atoms with Gasteiger partial charge in [-0.15, -0.1) is 0 Å². The molecule has 0 aliphatic carbocycles. The van der Waals surface area contributed by atoms with Crippen LogP contribution in [0.4, 0.5) is 5.69 Å². The molecule has 0 radical (unpaired) electrons. The first-order chi connectivity index (χ1) is 14.3. The molecule has 1 aromatic heterocycles. The molecular weight excluding hydrogens is 414 g/mol. The predicted octanol–water partition coefficient (Wildman–Crippen LogP) is 4.12. The maximum Gasteiger partial charge on any atom is 0.375 e. The van der Waals surface area contributed by atoms with E-state index in [4.69, 9.17) is 30.2 Å². The average Bonchev–Trinajstić information content (AvgIpc) is 3.29. The summed E-state index contributed by atoms with van der Waals surface area (Å²) in [7, 11) is 0. The summed E-state index contributed by atoms with van der Waals surface area (Å²) in [6.45, 7) is 2.53. The topological polar surface area (TPSA) is 104 Å². The molecule has 1 aliphatic heterocycles. The van der Waals surface area contributed by atoms with E-state index < -0.39 is 18.5 Å². The molecule has 154 valence electrons. The summed E-state index contributed by atoms with van der Waals surface area (Å²) in [5.74, 6) is -0.854. The highest BCUT2D eigenvalue weighted by atomic mass is 35.5. The third-order valence-electron chi connectivity index (χ3n) is 4.58. The predicted molar refractivity (Wildman–Crippen MR) is 107 cm³/mol. The van der Waals surface area contributed by atoms with Gasteiger partial charge in [0.1, 0.15) is 5.58 Å². The first kappa shape index (κ1) is 19.8. The minimum Gasteiger partial charge on any atom is -0.454 e. The highest BCUT2D eigenvalue weighted by molar-refractivity contribution is 6.31. The first-order valence-corrected chi connectivity index (χ1v) is 9.31. The average molecular weight is 430 g/mol. The Kier molecular flexibility index (Phi) is 5.09. The molecule has 8 nitrogen and oxygen atoms in total. The summed E-state index contributed by atoms with van der Waals surface area (Å²) in [6.07, 6.45) is 0. The van der Waals surface area contributed by atoms with E-state index in [1.165, 1.54) is 19.1 Å². The van der Waals surface area contributed by atoms with Crippen LogP contribution in [0.25, 0.3) is 11.0 Å². The second-order valence-corrected chi connectivity index (χ2v) is 7.06. The normalized spacial score (nSPS) is 12.1. The number of esters is 1. The van der Waals surface area contributed by atoms with Gasteiger partial charge in [-0.25, -0.2) is 4.79 Å². The highest BCUT2D eigenvalue weighted by Crippen LogP contribution is 2.37. The van der Waals surface area contributed by atoms with Crippen LogP contribution >= 0.6 is 11.6 Å². The van der Waals surface area contributed by atoms with Gasteiger partial charge in [-0.05, 0) is 38.1 Å². The Labute approximate surface area is 175 Å². The van der Waals surface area contributed by atoms with E-state index in [0.29, 0.717) is 33.1 Å². The number of carbonyl (C=O) groups excluding carboxylic acids is 3. The van der Waals surface area contributed by atoms with Crippen molar-refractivity contribution in [3.05, 3.63) is 52.2 Å². The molecule has 1 aliphatic rings. The van der Waals surface area contributed by atoms with Crippen molar-refractivity contribution in [2.45, 2.75) is 13.8 Å². The number of amides is 1. The quantitative estimate of drug-likeness (QED) is 0.480. The molecule has 0 saturated heterocycles. The minimum atomic E-state index is -0.785. The lowest BCUT2D eigenvalue weighted by atomic mass is 10.1. The number of nitrogens with one attached hydrogen (secondary N) is 1. The standard InChI is InChI=1S/C21H16ClNO7/c1-10-13-5-12(22)3-4-16(13)30-20(10)21(26)27-8-19(25)23-15-7-18-17(28-9-29-18)6-14(15)11(2)24/h3-7H,8-9H2,1-2H3,(H,23,25). The summed E-state index contributed by atoms with van der Waals surface area (Å²) in [6, 6.07) is 7.97. The molecule has 2 aromatic carbocycles. The summed E-state index contributed by atoms with van der Waals surface area (Å²) in [5, 5.41) is 3.75. The lowest BCUT2D eigenvalue weighted by Crippen LogP contribution is -2.22. The van der Waals surface area contributed by atoms with Crippen molar-refractivity contribution in [2.24, 2.45) is 0 Å². The van der Waals surface area contributed by atoms with Crippen LogP contribution in [0.1, 0.15) is 33.4 Å². The van der Waals surface area contributed by atoms with Gasteiger partial charge in [-0.2, -0.15) is 0 Å². The number of rotatable bonds is 5. The SMILES string of the molecule is CC(=O)c1cc2c(cc1NC(=O)COC(=O)c1oc3ccc(Cl)cc3c1C)OCO2. The lowest BCUT2D eigenvalue weighted by Gasteiger charge is -2.10. The van der Waals surface area contributed by atoms with Crippen LogP contribution in [-0.2, 0) is 9.53 Å². The number of hydrogen-bond donors (Lipinski definition) is 1. The molecule has 4 rings (SSSR count). The Bertz CT molecular complexity index is 1200. The third kappa shape index (κ3) is 3.69. The van der Waals surface area contributed by atoms with Gasteiger partial charge in [0.2, 0.25) is 12.6 Å². The molecule has 1 amide bonds. The van der Waals surface area contributed by atoms with Crippen molar-refractivity contribution in [1.29, 1.82) is 0 Å². The zero-order chi connectivity index (χ0) is 21.4. The number of Topliss-reactive ketones (excluding diaryl/α,β-unsaturated/α-hetero) is 1. The van der Waals surface area contributed by atoms with Gasteiger partial charge in [0, 0.05) is 27.6 Å². The molecule has 9 heteroatoms. The number of fused-ring (bicyclic) bond motifs is 2. The van der Waals surface area contributed by atoms with Crippen LogP contribution in [0.2, 0.25) is 5.02 Å². The summed E-state index contributed by atoms with van der Waals surface area (Å²) < 4.78 is 21.1. The van der Waals surface area contributed by atoms with Crippen LogP contribution in [-0.4, -0.2) is 31.1 Å². The van der Waals surface area contributed by atoms with Crippen LogP contribution in [0.15, 0.2) is 34.7 Å². The molecule has 2 heterocycles. The van der Waals surface area contributed by atoms with Gasteiger partial charge in [0.15, 0.2) is 23.9 Å². The van der Waals surface area contributed by atoms with Crippen LogP contribution in [0.3, 0.4) is 0 Å². The van der Waals surface area contributed by atoms with E-state index in [1.54, 1.807) is 25.1 Å². The Morgan fingerprint density at radius 3 is 2.60 bits per heavy atom. The number of furan rings is 1. The van der Waals surface area contributed by atoms with Gasteiger partial charge < -0.3 is 23.9 Å². The fraction of sp³-hybridized carbons (Fsp3) is 0.190. The zero-order valence-corrected chi connectivity index (χ0v) is 16.8. The number of ketones is 1. The number of hydrogen-bond acceptors (Lipinski definition) is 7. The maximum absolute atomic E-state index is 12.4. The van der Waals surface area contributed by atoms with Crippen LogP contribution in [0, 0.1) is 6.92 Å². The highest BCUT2D eigenvalue weighted by Gasteiger charge is 2.23. The number of ether oxygens (including phenoxy) is 3. The first-order valence-electron chi connectivity index (χ1n) is 8.93. The number of carbonyl (C=O) groups is 3. The van der Waals surface area contributed by atoms with E-state index in [1.807, 2.05) is 0 Å². The van der Waals surface area contributed by atoms with E-state index in [-0.39, 0.29) is 29.6 Å². The molecule has 0 unspecified atom stereocenters.